The molecule has 0 radical (unpaired) electrons. The van der Waals surface area contributed by atoms with Crippen molar-refractivity contribution in [2.24, 2.45) is 5.92 Å². The highest BCUT2D eigenvalue weighted by Gasteiger charge is 2.38. The van der Waals surface area contributed by atoms with Crippen LogP contribution in [0.25, 0.3) is 0 Å². The lowest BCUT2D eigenvalue weighted by molar-refractivity contribution is -0.120. The van der Waals surface area contributed by atoms with Gasteiger partial charge in [-0.15, -0.1) is 0 Å². The van der Waals surface area contributed by atoms with Gasteiger partial charge in [-0.25, -0.2) is 10.0 Å². The minimum atomic E-state index is 0.0477. The highest BCUT2D eigenvalue weighted by Crippen LogP contribution is 2.30. The second kappa shape index (κ2) is 4.94. The Morgan fingerprint density at radius 3 is 3.00 bits per heavy atom. The molecule has 4 nitrogen and oxygen atoms in total. The summed E-state index contributed by atoms with van der Waals surface area (Å²) < 4.78 is 0. The van der Waals surface area contributed by atoms with Gasteiger partial charge in [0.25, 0.3) is 0 Å². The van der Waals surface area contributed by atoms with Crippen LogP contribution >= 0.6 is 0 Å². The Labute approximate surface area is 96.8 Å². The third-order valence-electron chi connectivity index (χ3n) is 3.68. The van der Waals surface area contributed by atoms with E-state index in [1.807, 2.05) is 0 Å². The maximum atomic E-state index is 11.0. The van der Waals surface area contributed by atoms with Crippen LogP contribution in [0.3, 0.4) is 0 Å². The molecule has 88 valence electrons. The molecule has 0 aliphatic carbocycles. The standard InChI is InChI=1S/C12H19N3O/c1-10-7-11(4-5-13)15(8-10)14-6-2-3-12(14)9-16/h9-12H,2-4,6-8H2,1H3/t10-,11-,12+/m1/s1. The Morgan fingerprint density at radius 1 is 1.50 bits per heavy atom. The Kier molecular flexibility index (Phi) is 3.57. The predicted molar refractivity (Wildman–Crippen MR) is 60.3 cm³/mol. The fraction of sp³-hybridized carbons (Fsp3) is 0.833. The van der Waals surface area contributed by atoms with Crippen LogP contribution in [0.1, 0.15) is 32.6 Å². The SMILES string of the molecule is C[C@@H]1C[C@@H](CC#N)N(N2CCC[C@H]2C=O)C1. The van der Waals surface area contributed by atoms with Crippen molar-refractivity contribution in [3.8, 4) is 6.07 Å². The van der Waals surface area contributed by atoms with E-state index in [9.17, 15) is 4.79 Å². The first kappa shape index (κ1) is 11.6. The van der Waals surface area contributed by atoms with Crippen molar-refractivity contribution in [3.63, 3.8) is 0 Å². The number of nitriles is 1. The van der Waals surface area contributed by atoms with Gasteiger partial charge >= 0.3 is 0 Å². The topological polar surface area (TPSA) is 47.3 Å². The molecule has 2 rings (SSSR count). The van der Waals surface area contributed by atoms with E-state index in [0.717, 1.165) is 38.6 Å². The van der Waals surface area contributed by atoms with Crippen LogP contribution in [-0.4, -0.2) is 41.5 Å². The molecule has 2 fully saturated rings. The summed E-state index contributed by atoms with van der Waals surface area (Å²) in [5, 5.41) is 13.3. The lowest BCUT2D eigenvalue weighted by Crippen LogP contribution is -2.48. The van der Waals surface area contributed by atoms with Gasteiger partial charge in [0.2, 0.25) is 0 Å². The molecule has 16 heavy (non-hydrogen) atoms. The van der Waals surface area contributed by atoms with Crippen molar-refractivity contribution in [3.05, 3.63) is 0 Å². The van der Waals surface area contributed by atoms with E-state index < -0.39 is 0 Å². The summed E-state index contributed by atoms with van der Waals surface area (Å²) in [5.74, 6) is 0.631. The van der Waals surface area contributed by atoms with Gasteiger partial charge in [0.1, 0.15) is 6.29 Å². The highest BCUT2D eigenvalue weighted by molar-refractivity contribution is 5.57. The summed E-state index contributed by atoms with van der Waals surface area (Å²) in [4.78, 5) is 11.0. The van der Waals surface area contributed by atoms with Gasteiger partial charge in [0.05, 0.1) is 18.5 Å². The van der Waals surface area contributed by atoms with Crippen LogP contribution in [-0.2, 0) is 4.79 Å². The first-order valence-corrected chi connectivity index (χ1v) is 6.11. The molecule has 2 aliphatic rings. The molecule has 3 atom stereocenters. The largest absolute Gasteiger partial charge is 0.302 e. The summed E-state index contributed by atoms with van der Waals surface area (Å²) in [7, 11) is 0. The second-order valence-corrected chi connectivity index (χ2v) is 4.99. The molecule has 0 bridgehead atoms. The molecule has 0 saturated carbocycles. The number of rotatable bonds is 3. The van der Waals surface area contributed by atoms with Crippen LogP contribution in [0.4, 0.5) is 0 Å². The molecular weight excluding hydrogens is 202 g/mol. The van der Waals surface area contributed by atoms with Gasteiger partial charge in [0, 0.05) is 19.1 Å². The molecule has 0 N–H and O–H groups in total. The van der Waals surface area contributed by atoms with Crippen LogP contribution in [0.5, 0.6) is 0 Å². The van der Waals surface area contributed by atoms with E-state index in [2.05, 4.69) is 23.0 Å². The minimum Gasteiger partial charge on any atom is -0.302 e. The van der Waals surface area contributed by atoms with E-state index >= 15 is 0 Å². The molecule has 2 saturated heterocycles. The number of aldehydes is 1. The molecule has 2 heterocycles. The Hall–Kier alpha value is -0.920. The molecule has 4 heteroatoms. The fourth-order valence-corrected chi connectivity index (χ4v) is 2.97. The number of hydrogen-bond donors (Lipinski definition) is 0. The molecule has 0 amide bonds. The average Bonchev–Trinajstić information content (AvgIpc) is 2.84. The van der Waals surface area contributed by atoms with Gasteiger partial charge in [-0.3, -0.25) is 0 Å². The summed E-state index contributed by atoms with van der Waals surface area (Å²) in [6.45, 7) is 4.19. The molecular formula is C12H19N3O. The van der Waals surface area contributed by atoms with Crippen molar-refractivity contribution in [2.45, 2.75) is 44.7 Å². The van der Waals surface area contributed by atoms with Crippen LogP contribution in [0.15, 0.2) is 0 Å². The number of nitrogens with zero attached hydrogens (tertiary/aromatic N) is 3. The molecule has 0 spiro atoms. The molecule has 0 aromatic carbocycles. The van der Waals surface area contributed by atoms with Gasteiger partial charge in [-0.05, 0) is 25.2 Å². The quantitative estimate of drug-likeness (QED) is 0.672. The monoisotopic (exact) mass is 221 g/mol. The molecule has 0 unspecified atom stereocenters. The highest BCUT2D eigenvalue weighted by atomic mass is 16.1. The van der Waals surface area contributed by atoms with E-state index in [0.29, 0.717) is 18.4 Å². The van der Waals surface area contributed by atoms with E-state index in [1.165, 1.54) is 0 Å². The first-order chi connectivity index (χ1) is 7.76. The third-order valence-corrected chi connectivity index (χ3v) is 3.68. The molecule has 0 aromatic rings. The average molecular weight is 221 g/mol. The van der Waals surface area contributed by atoms with E-state index in [4.69, 9.17) is 5.26 Å². The normalized spacial score (nSPS) is 36.4. The number of hydrazine groups is 1. The van der Waals surface area contributed by atoms with Crippen molar-refractivity contribution in [2.75, 3.05) is 13.1 Å². The van der Waals surface area contributed by atoms with Gasteiger partial charge in [0.15, 0.2) is 0 Å². The zero-order valence-electron chi connectivity index (χ0n) is 9.80. The summed E-state index contributed by atoms with van der Waals surface area (Å²) in [6.07, 6.45) is 4.77. The lowest BCUT2D eigenvalue weighted by atomic mass is 10.1. The van der Waals surface area contributed by atoms with Crippen LogP contribution in [0, 0.1) is 17.2 Å². The summed E-state index contributed by atoms with van der Waals surface area (Å²) in [6, 6.07) is 2.63. The minimum absolute atomic E-state index is 0.0477. The Morgan fingerprint density at radius 2 is 2.31 bits per heavy atom. The zero-order chi connectivity index (χ0) is 11.5. The second-order valence-electron chi connectivity index (χ2n) is 4.99. The van der Waals surface area contributed by atoms with Crippen LogP contribution < -0.4 is 0 Å². The van der Waals surface area contributed by atoms with Crippen molar-refractivity contribution in [1.82, 2.24) is 10.0 Å². The van der Waals surface area contributed by atoms with E-state index in [-0.39, 0.29) is 6.04 Å². The van der Waals surface area contributed by atoms with E-state index in [1.54, 1.807) is 0 Å². The Balaban J connectivity index is 2.06. The number of carbonyl (C=O) groups excluding carboxylic acids is 1. The lowest BCUT2D eigenvalue weighted by Gasteiger charge is -2.34. The predicted octanol–water partition coefficient (Wildman–Crippen LogP) is 1.19. The maximum absolute atomic E-state index is 11.0. The van der Waals surface area contributed by atoms with Crippen molar-refractivity contribution >= 4 is 6.29 Å². The number of carbonyl (C=O) groups is 1. The summed E-state index contributed by atoms with van der Waals surface area (Å²) >= 11 is 0. The smallest absolute Gasteiger partial charge is 0.138 e. The fourth-order valence-electron chi connectivity index (χ4n) is 2.97. The number of hydrogen-bond acceptors (Lipinski definition) is 4. The zero-order valence-corrected chi connectivity index (χ0v) is 9.80. The Bertz CT molecular complexity index is 299. The maximum Gasteiger partial charge on any atom is 0.138 e. The first-order valence-electron chi connectivity index (χ1n) is 6.11. The van der Waals surface area contributed by atoms with Gasteiger partial charge in [-0.1, -0.05) is 6.92 Å². The van der Waals surface area contributed by atoms with Gasteiger partial charge in [-0.2, -0.15) is 5.26 Å². The summed E-state index contributed by atoms with van der Waals surface area (Å²) in [5.41, 5.74) is 0. The third kappa shape index (κ3) is 2.11. The van der Waals surface area contributed by atoms with Gasteiger partial charge < -0.3 is 4.79 Å². The van der Waals surface area contributed by atoms with Crippen molar-refractivity contribution in [1.29, 1.82) is 5.26 Å². The van der Waals surface area contributed by atoms with Crippen LogP contribution in [0.2, 0.25) is 0 Å². The molecule has 0 aromatic heterocycles. The van der Waals surface area contributed by atoms with Crippen molar-refractivity contribution < 1.29 is 4.79 Å². The molecule has 2 aliphatic heterocycles.